The fourth-order valence-electron chi connectivity index (χ4n) is 2.83. The number of anilines is 1. The topological polar surface area (TPSA) is 40.5 Å². The van der Waals surface area contributed by atoms with Crippen LogP contribution in [0.5, 0.6) is 0 Å². The summed E-state index contributed by atoms with van der Waals surface area (Å²) in [7, 11) is 0. The molecule has 0 radical (unpaired) electrons. The summed E-state index contributed by atoms with van der Waals surface area (Å²) in [6, 6.07) is 8.60. The van der Waals surface area contributed by atoms with E-state index in [-0.39, 0.29) is 0 Å². The second-order valence-corrected chi connectivity index (χ2v) is 8.25. The first-order valence-electron chi connectivity index (χ1n) is 8.95. The average Bonchev–Trinajstić information content (AvgIpc) is 2.92. The van der Waals surface area contributed by atoms with Crippen LogP contribution in [0.15, 0.2) is 34.7 Å². The lowest BCUT2D eigenvalue weighted by atomic mass is 10.1. The van der Waals surface area contributed by atoms with Crippen LogP contribution >= 0.6 is 11.3 Å². The third-order valence-corrected chi connectivity index (χ3v) is 4.46. The first-order chi connectivity index (χ1) is 11.9. The predicted octanol–water partition coefficient (Wildman–Crippen LogP) is 5.01. The van der Waals surface area contributed by atoms with Gasteiger partial charge in [-0.3, -0.25) is 10.3 Å². The summed E-state index contributed by atoms with van der Waals surface area (Å²) in [5, 5.41) is 7.14. The maximum absolute atomic E-state index is 4.34. The molecule has 0 aliphatic rings. The van der Waals surface area contributed by atoms with E-state index in [0.717, 1.165) is 36.0 Å². The molecule has 0 saturated carbocycles. The molecular weight excluding hydrogens is 328 g/mol. The first-order valence-corrected chi connectivity index (χ1v) is 9.83. The summed E-state index contributed by atoms with van der Waals surface area (Å²) in [6.07, 6.45) is 1.86. The Kier molecular flexibility index (Phi) is 7.59. The van der Waals surface area contributed by atoms with Gasteiger partial charge >= 0.3 is 0 Å². The van der Waals surface area contributed by atoms with Crippen LogP contribution in [0.3, 0.4) is 0 Å². The van der Waals surface area contributed by atoms with Gasteiger partial charge in [0.15, 0.2) is 0 Å². The number of aromatic nitrogens is 1. The Labute approximate surface area is 156 Å². The van der Waals surface area contributed by atoms with E-state index in [1.165, 1.54) is 5.56 Å². The molecule has 5 heteroatoms. The van der Waals surface area contributed by atoms with Crippen LogP contribution in [0.1, 0.15) is 44.5 Å². The van der Waals surface area contributed by atoms with Crippen LogP contribution in [0, 0.1) is 18.8 Å². The SMILES string of the molecule is Cc1csc(NN=Cc2cccc(CN(CC(C)C)CC(C)C)c2)n1. The van der Waals surface area contributed by atoms with Gasteiger partial charge in [-0.05, 0) is 36.0 Å². The maximum Gasteiger partial charge on any atom is 0.203 e. The Balaban J connectivity index is 1.98. The van der Waals surface area contributed by atoms with Crippen LogP contribution < -0.4 is 5.43 Å². The van der Waals surface area contributed by atoms with Crippen molar-refractivity contribution in [2.24, 2.45) is 16.9 Å². The molecule has 25 heavy (non-hydrogen) atoms. The summed E-state index contributed by atoms with van der Waals surface area (Å²) < 4.78 is 0. The number of hydrogen-bond donors (Lipinski definition) is 1. The van der Waals surface area contributed by atoms with E-state index in [9.17, 15) is 0 Å². The summed E-state index contributed by atoms with van der Waals surface area (Å²) in [4.78, 5) is 6.88. The highest BCUT2D eigenvalue weighted by atomic mass is 32.1. The van der Waals surface area contributed by atoms with Gasteiger partial charge in [-0.25, -0.2) is 4.98 Å². The minimum atomic E-state index is 0.675. The quantitative estimate of drug-likeness (QED) is 0.506. The fourth-order valence-corrected chi connectivity index (χ4v) is 3.47. The molecular formula is C20H30N4S. The lowest BCUT2D eigenvalue weighted by molar-refractivity contribution is 0.211. The highest BCUT2D eigenvalue weighted by Gasteiger charge is 2.10. The summed E-state index contributed by atoms with van der Waals surface area (Å²) >= 11 is 1.56. The van der Waals surface area contributed by atoms with Gasteiger partial charge in [-0.15, -0.1) is 11.3 Å². The van der Waals surface area contributed by atoms with Crippen molar-refractivity contribution in [1.29, 1.82) is 0 Å². The lowest BCUT2D eigenvalue weighted by Crippen LogP contribution is -2.30. The Morgan fingerprint density at radius 3 is 2.52 bits per heavy atom. The zero-order valence-electron chi connectivity index (χ0n) is 16.0. The molecule has 0 bridgehead atoms. The van der Waals surface area contributed by atoms with Crippen molar-refractivity contribution in [2.45, 2.75) is 41.2 Å². The highest BCUT2D eigenvalue weighted by molar-refractivity contribution is 7.13. The van der Waals surface area contributed by atoms with E-state index in [1.807, 2.05) is 18.5 Å². The molecule has 0 fully saturated rings. The Bertz CT molecular complexity index is 666. The van der Waals surface area contributed by atoms with Crippen molar-refractivity contribution in [3.05, 3.63) is 46.5 Å². The normalized spacial score (nSPS) is 12.0. The van der Waals surface area contributed by atoms with E-state index in [2.05, 4.69) is 72.4 Å². The summed E-state index contributed by atoms with van der Waals surface area (Å²) in [6.45, 7) is 14.3. The summed E-state index contributed by atoms with van der Waals surface area (Å²) in [5.74, 6) is 1.35. The molecule has 4 nitrogen and oxygen atoms in total. The molecule has 1 aromatic carbocycles. The van der Waals surface area contributed by atoms with Crippen molar-refractivity contribution in [2.75, 3.05) is 18.5 Å². The third kappa shape index (κ3) is 7.36. The molecule has 1 N–H and O–H groups in total. The van der Waals surface area contributed by atoms with E-state index >= 15 is 0 Å². The van der Waals surface area contributed by atoms with E-state index in [0.29, 0.717) is 11.8 Å². The lowest BCUT2D eigenvalue weighted by Gasteiger charge is -2.26. The number of aryl methyl sites for hydroxylation is 1. The van der Waals surface area contributed by atoms with Crippen LogP contribution in [-0.2, 0) is 6.54 Å². The Morgan fingerprint density at radius 2 is 1.92 bits per heavy atom. The van der Waals surface area contributed by atoms with Gasteiger partial charge in [-0.2, -0.15) is 5.10 Å². The van der Waals surface area contributed by atoms with Crippen molar-refractivity contribution >= 4 is 22.7 Å². The molecule has 2 rings (SSSR count). The van der Waals surface area contributed by atoms with Crippen LogP contribution in [0.25, 0.3) is 0 Å². The molecule has 2 aromatic rings. The van der Waals surface area contributed by atoms with E-state index in [4.69, 9.17) is 0 Å². The minimum absolute atomic E-state index is 0.675. The molecule has 0 aliphatic carbocycles. The Hall–Kier alpha value is -1.72. The van der Waals surface area contributed by atoms with E-state index in [1.54, 1.807) is 11.3 Å². The molecule has 0 spiro atoms. The Morgan fingerprint density at radius 1 is 1.20 bits per heavy atom. The number of hydrogen-bond acceptors (Lipinski definition) is 5. The number of hydrazone groups is 1. The van der Waals surface area contributed by atoms with Crippen LogP contribution in [0.2, 0.25) is 0 Å². The molecule has 1 aromatic heterocycles. The van der Waals surface area contributed by atoms with Crippen molar-refractivity contribution in [3.8, 4) is 0 Å². The largest absolute Gasteiger partial charge is 0.299 e. The predicted molar refractivity (Wildman–Crippen MR) is 109 cm³/mol. The molecule has 0 amide bonds. The van der Waals surface area contributed by atoms with Gasteiger partial charge in [-0.1, -0.05) is 45.9 Å². The number of rotatable bonds is 9. The molecule has 1 heterocycles. The molecule has 0 aliphatic heterocycles. The number of nitrogens with one attached hydrogen (secondary N) is 1. The standard InChI is InChI=1S/C20H30N4S/c1-15(2)11-24(12-16(3)4)13-19-8-6-7-18(9-19)10-21-23-20-22-17(5)14-25-20/h6-10,14-16H,11-13H2,1-5H3,(H,22,23). The second-order valence-electron chi connectivity index (χ2n) is 7.39. The van der Waals surface area contributed by atoms with Crippen molar-refractivity contribution in [3.63, 3.8) is 0 Å². The van der Waals surface area contributed by atoms with Crippen molar-refractivity contribution < 1.29 is 0 Å². The third-order valence-electron chi connectivity index (χ3n) is 3.60. The molecule has 0 saturated heterocycles. The van der Waals surface area contributed by atoms with Crippen LogP contribution in [-0.4, -0.2) is 29.2 Å². The van der Waals surface area contributed by atoms with Gasteiger partial charge in [0.2, 0.25) is 5.13 Å². The van der Waals surface area contributed by atoms with Gasteiger partial charge in [0.25, 0.3) is 0 Å². The van der Waals surface area contributed by atoms with Gasteiger partial charge in [0.05, 0.1) is 11.9 Å². The number of benzene rings is 1. The molecule has 0 atom stereocenters. The zero-order chi connectivity index (χ0) is 18.2. The molecule has 136 valence electrons. The zero-order valence-corrected chi connectivity index (χ0v) is 16.8. The van der Waals surface area contributed by atoms with Gasteiger partial charge in [0.1, 0.15) is 0 Å². The first kappa shape index (κ1) is 19.6. The van der Waals surface area contributed by atoms with Gasteiger partial charge < -0.3 is 0 Å². The monoisotopic (exact) mass is 358 g/mol. The highest BCUT2D eigenvalue weighted by Crippen LogP contribution is 2.14. The fraction of sp³-hybridized carbons (Fsp3) is 0.500. The maximum atomic E-state index is 4.34. The number of nitrogens with zero attached hydrogens (tertiary/aromatic N) is 3. The van der Waals surface area contributed by atoms with E-state index < -0.39 is 0 Å². The number of thiazole rings is 1. The second kappa shape index (κ2) is 9.68. The smallest absolute Gasteiger partial charge is 0.203 e. The average molecular weight is 359 g/mol. The van der Waals surface area contributed by atoms with Gasteiger partial charge in [0, 0.05) is 25.0 Å². The minimum Gasteiger partial charge on any atom is -0.299 e. The van der Waals surface area contributed by atoms with Crippen molar-refractivity contribution in [1.82, 2.24) is 9.88 Å². The summed E-state index contributed by atoms with van der Waals surface area (Å²) in [5.41, 5.74) is 6.44. The molecule has 0 unspecified atom stereocenters. The van der Waals surface area contributed by atoms with Crippen LogP contribution in [0.4, 0.5) is 5.13 Å².